The number of aliphatic hydroxyl groups is 1. The molecule has 0 aromatic rings. The Morgan fingerprint density at radius 1 is 1.43 bits per heavy atom. The van der Waals surface area contributed by atoms with Crippen LogP contribution >= 0.6 is 0 Å². The van der Waals surface area contributed by atoms with Gasteiger partial charge in [0.05, 0.1) is 12.6 Å². The number of likely N-dealkylation sites (tertiary alicyclic amines) is 1. The molecule has 7 nitrogen and oxygen atoms in total. The van der Waals surface area contributed by atoms with Crippen molar-refractivity contribution in [3.63, 3.8) is 0 Å². The summed E-state index contributed by atoms with van der Waals surface area (Å²) in [6.45, 7) is 8.33. The Morgan fingerprint density at radius 3 is 2.52 bits per heavy atom. The number of nitrogens with zero attached hydrogens (tertiary/aromatic N) is 1. The fraction of sp³-hybridized carbons (Fsp3) is 0.857. The van der Waals surface area contributed by atoms with Gasteiger partial charge in [0, 0.05) is 19.1 Å². The van der Waals surface area contributed by atoms with E-state index < -0.39 is 23.7 Å². The van der Waals surface area contributed by atoms with Gasteiger partial charge in [0.1, 0.15) is 5.60 Å². The number of hydrogen-bond donors (Lipinski definition) is 3. The van der Waals surface area contributed by atoms with Gasteiger partial charge in [-0.25, -0.2) is 4.79 Å². The summed E-state index contributed by atoms with van der Waals surface area (Å²) in [4.78, 5) is 24.7. The average Bonchev–Trinajstić information content (AvgIpc) is 2.24. The Labute approximate surface area is 125 Å². The Kier molecular flexibility index (Phi) is 5.98. The number of carbonyl (C=O) groups is 2. The van der Waals surface area contributed by atoms with E-state index in [1.54, 1.807) is 27.7 Å². The van der Waals surface area contributed by atoms with Crippen molar-refractivity contribution in [2.45, 2.75) is 51.9 Å². The van der Waals surface area contributed by atoms with Gasteiger partial charge >= 0.3 is 6.09 Å². The molecule has 1 saturated heterocycles. The maximum Gasteiger partial charge on any atom is 0.407 e. The van der Waals surface area contributed by atoms with Gasteiger partial charge in [-0.05, 0) is 40.0 Å². The second kappa shape index (κ2) is 7.09. The first kappa shape index (κ1) is 17.7. The highest BCUT2D eigenvalue weighted by Crippen LogP contribution is 2.20. The molecule has 0 aromatic heterocycles. The molecule has 1 aliphatic rings. The van der Waals surface area contributed by atoms with Crippen LogP contribution in [0.15, 0.2) is 0 Å². The number of aliphatic hydroxyl groups excluding tert-OH is 1. The highest BCUT2D eigenvalue weighted by Gasteiger charge is 2.32. The minimum Gasteiger partial charge on any atom is -0.444 e. The van der Waals surface area contributed by atoms with E-state index in [0.29, 0.717) is 19.5 Å². The monoisotopic (exact) mass is 301 g/mol. The van der Waals surface area contributed by atoms with Gasteiger partial charge in [-0.15, -0.1) is 0 Å². The highest BCUT2D eigenvalue weighted by molar-refractivity contribution is 5.76. The van der Waals surface area contributed by atoms with Gasteiger partial charge < -0.3 is 20.9 Å². The molecule has 4 N–H and O–H groups in total. The van der Waals surface area contributed by atoms with Crippen LogP contribution in [0.2, 0.25) is 0 Å². The molecule has 3 unspecified atom stereocenters. The highest BCUT2D eigenvalue weighted by atomic mass is 16.6. The first-order valence-corrected chi connectivity index (χ1v) is 7.25. The molecule has 0 bridgehead atoms. The zero-order valence-corrected chi connectivity index (χ0v) is 13.3. The number of rotatable bonds is 4. The summed E-state index contributed by atoms with van der Waals surface area (Å²) in [5, 5.41) is 12.6. The molecule has 1 aliphatic heterocycles. The van der Waals surface area contributed by atoms with Crippen molar-refractivity contribution < 1.29 is 19.4 Å². The lowest BCUT2D eigenvalue weighted by atomic mass is 9.90. The Hall–Kier alpha value is -1.34. The molecule has 7 heteroatoms. The van der Waals surface area contributed by atoms with Crippen LogP contribution < -0.4 is 11.1 Å². The number of amides is 2. The number of hydrogen-bond acceptors (Lipinski definition) is 5. The van der Waals surface area contributed by atoms with Crippen molar-refractivity contribution in [2.24, 2.45) is 11.7 Å². The molecular weight excluding hydrogens is 274 g/mol. The van der Waals surface area contributed by atoms with Crippen LogP contribution in [0.25, 0.3) is 0 Å². The fourth-order valence-corrected chi connectivity index (χ4v) is 2.51. The molecule has 0 aliphatic carbocycles. The minimum absolute atomic E-state index is 0.0157. The fourth-order valence-electron chi connectivity index (χ4n) is 2.51. The minimum atomic E-state index is -0.560. The molecule has 0 spiro atoms. The molecular formula is C14H27N3O4. The Bertz CT molecular complexity index is 379. The second-order valence-corrected chi connectivity index (χ2v) is 6.74. The first-order chi connectivity index (χ1) is 9.56. The number of nitrogens with one attached hydrogen (secondary N) is 1. The van der Waals surface area contributed by atoms with Crippen LogP contribution in [0, 0.1) is 5.92 Å². The van der Waals surface area contributed by atoms with Crippen molar-refractivity contribution in [1.82, 2.24) is 10.2 Å². The zero-order chi connectivity index (χ0) is 16.2. The van der Waals surface area contributed by atoms with E-state index in [4.69, 9.17) is 10.5 Å². The molecule has 0 aromatic carbocycles. The van der Waals surface area contributed by atoms with Gasteiger partial charge in [0.15, 0.2) is 0 Å². The predicted octanol–water partition coefficient (Wildman–Crippen LogP) is 0.0677. The number of alkyl carbamates (subject to hydrolysis) is 1. The van der Waals surface area contributed by atoms with Crippen LogP contribution in [0.4, 0.5) is 4.79 Å². The summed E-state index contributed by atoms with van der Waals surface area (Å²) < 4.78 is 5.23. The second-order valence-electron chi connectivity index (χ2n) is 6.74. The molecule has 1 rings (SSSR count). The molecule has 1 heterocycles. The number of carbonyl (C=O) groups excluding carboxylic acids is 2. The predicted molar refractivity (Wildman–Crippen MR) is 78.6 cm³/mol. The summed E-state index contributed by atoms with van der Waals surface area (Å²) in [6, 6.07) is -0.174. The van der Waals surface area contributed by atoms with E-state index in [0.717, 1.165) is 0 Å². The van der Waals surface area contributed by atoms with Crippen molar-refractivity contribution >= 4 is 12.0 Å². The number of piperidine rings is 1. The Morgan fingerprint density at radius 2 is 2.05 bits per heavy atom. The summed E-state index contributed by atoms with van der Waals surface area (Å²) >= 11 is 0. The van der Waals surface area contributed by atoms with Crippen molar-refractivity contribution in [3.05, 3.63) is 0 Å². The van der Waals surface area contributed by atoms with Crippen LogP contribution in [0.1, 0.15) is 34.1 Å². The van der Waals surface area contributed by atoms with Crippen LogP contribution in [0.5, 0.6) is 0 Å². The normalized spacial score (nSPS) is 25.2. The van der Waals surface area contributed by atoms with Crippen LogP contribution in [-0.2, 0) is 9.53 Å². The van der Waals surface area contributed by atoms with E-state index in [2.05, 4.69) is 5.32 Å². The van der Waals surface area contributed by atoms with Gasteiger partial charge in [-0.2, -0.15) is 0 Å². The number of primary amides is 1. The van der Waals surface area contributed by atoms with Gasteiger partial charge in [-0.3, -0.25) is 9.69 Å². The van der Waals surface area contributed by atoms with Crippen molar-refractivity contribution in [3.8, 4) is 0 Å². The first-order valence-electron chi connectivity index (χ1n) is 7.25. The molecule has 0 saturated carbocycles. The van der Waals surface area contributed by atoms with Gasteiger partial charge in [0.25, 0.3) is 0 Å². The lowest BCUT2D eigenvalue weighted by Crippen LogP contribution is -2.54. The molecule has 122 valence electrons. The summed E-state index contributed by atoms with van der Waals surface area (Å²) in [5.74, 6) is -0.435. The van der Waals surface area contributed by atoms with E-state index in [-0.39, 0.29) is 18.5 Å². The number of nitrogens with two attached hydrogens (primary N) is 1. The lowest BCUT2D eigenvalue weighted by Gasteiger charge is -2.38. The smallest absolute Gasteiger partial charge is 0.407 e. The van der Waals surface area contributed by atoms with Gasteiger partial charge in [-0.1, -0.05) is 0 Å². The van der Waals surface area contributed by atoms with Crippen molar-refractivity contribution in [1.29, 1.82) is 0 Å². The summed E-state index contributed by atoms with van der Waals surface area (Å²) in [5.41, 5.74) is 4.66. The van der Waals surface area contributed by atoms with Crippen molar-refractivity contribution in [2.75, 3.05) is 19.6 Å². The lowest BCUT2D eigenvalue weighted by molar-refractivity contribution is -0.120. The third kappa shape index (κ3) is 6.77. The Balaban J connectivity index is 2.62. The van der Waals surface area contributed by atoms with E-state index >= 15 is 0 Å². The maximum absolute atomic E-state index is 11.8. The maximum atomic E-state index is 11.8. The van der Waals surface area contributed by atoms with E-state index in [1.165, 1.54) is 0 Å². The SMILES string of the molecule is CC(O)C1CC(NC(=O)OC(C)(C)C)CN(CC(N)=O)C1. The van der Waals surface area contributed by atoms with E-state index in [9.17, 15) is 14.7 Å². The summed E-state index contributed by atoms with van der Waals surface area (Å²) in [6.07, 6.45) is -0.354. The topological polar surface area (TPSA) is 105 Å². The average molecular weight is 301 g/mol. The number of ether oxygens (including phenoxy) is 1. The zero-order valence-electron chi connectivity index (χ0n) is 13.3. The molecule has 0 radical (unpaired) electrons. The molecule has 2 amide bonds. The molecule has 3 atom stereocenters. The quantitative estimate of drug-likeness (QED) is 0.681. The summed E-state index contributed by atoms with van der Waals surface area (Å²) in [7, 11) is 0. The van der Waals surface area contributed by atoms with Crippen LogP contribution in [-0.4, -0.2) is 59.4 Å². The third-order valence-electron chi connectivity index (χ3n) is 3.34. The van der Waals surface area contributed by atoms with Crippen LogP contribution in [0.3, 0.4) is 0 Å². The third-order valence-corrected chi connectivity index (χ3v) is 3.34. The van der Waals surface area contributed by atoms with Gasteiger partial charge in [0.2, 0.25) is 5.91 Å². The van der Waals surface area contributed by atoms with E-state index in [1.807, 2.05) is 4.90 Å². The molecule has 1 fully saturated rings. The largest absolute Gasteiger partial charge is 0.444 e. The molecule has 21 heavy (non-hydrogen) atoms. The standard InChI is InChI=1S/C14H27N3O4/c1-9(18)10-5-11(7-17(6-10)8-12(15)19)16-13(20)21-14(2,3)4/h9-11,18H,5-8H2,1-4H3,(H2,15,19)(H,16,20).